The number of aromatic nitrogens is 3. The maximum Gasteiger partial charge on any atom is 0.350 e. The number of fused-ring (bicyclic) bond motifs is 1. The van der Waals surface area contributed by atoms with Gasteiger partial charge in [0.2, 0.25) is 0 Å². The highest BCUT2D eigenvalue weighted by molar-refractivity contribution is 9.10. The molecule has 0 radical (unpaired) electrons. The molecule has 3 aromatic rings. The van der Waals surface area contributed by atoms with E-state index >= 15 is 0 Å². The van der Waals surface area contributed by atoms with Crippen LogP contribution in [0, 0.1) is 0 Å². The van der Waals surface area contributed by atoms with Crippen LogP contribution in [-0.4, -0.2) is 14.2 Å². The van der Waals surface area contributed by atoms with Gasteiger partial charge in [-0.05, 0) is 39.5 Å². The molecule has 0 atom stereocenters. The smallest absolute Gasteiger partial charge is 0.250 e. The third kappa shape index (κ3) is 1.83. The van der Waals surface area contributed by atoms with Gasteiger partial charge >= 0.3 is 5.69 Å². The number of rotatable bonds is 2. The Morgan fingerprint density at radius 2 is 2.24 bits per heavy atom. The number of nitrogens with zero attached hydrogens (tertiary/aromatic N) is 3. The van der Waals surface area contributed by atoms with Crippen LogP contribution >= 0.6 is 27.3 Å². The molecule has 0 spiro atoms. The lowest BCUT2D eigenvalue weighted by Crippen LogP contribution is -2.21. The molecule has 0 aliphatic rings. The summed E-state index contributed by atoms with van der Waals surface area (Å²) in [6.45, 7) is 0.499. The van der Waals surface area contributed by atoms with E-state index in [4.69, 9.17) is 0 Å². The Labute approximate surface area is 109 Å². The normalized spacial score (nSPS) is 11.1. The van der Waals surface area contributed by atoms with E-state index in [9.17, 15) is 4.79 Å². The molecule has 0 aliphatic heterocycles. The summed E-state index contributed by atoms with van der Waals surface area (Å²) in [5.74, 6) is 0. The van der Waals surface area contributed by atoms with E-state index in [2.05, 4.69) is 21.0 Å². The van der Waals surface area contributed by atoms with Crippen LogP contribution in [0.25, 0.3) is 5.65 Å². The Morgan fingerprint density at radius 3 is 2.94 bits per heavy atom. The Hall–Kier alpha value is -1.40. The molecule has 0 saturated heterocycles. The highest BCUT2D eigenvalue weighted by Crippen LogP contribution is 2.22. The van der Waals surface area contributed by atoms with Gasteiger partial charge in [-0.15, -0.1) is 16.4 Å². The van der Waals surface area contributed by atoms with Crippen LogP contribution in [0.2, 0.25) is 0 Å². The molecular formula is C11H8BrN3OS. The Bertz CT molecular complexity index is 727. The van der Waals surface area contributed by atoms with Crippen LogP contribution in [-0.2, 0) is 6.54 Å². The molecule has 0 saturated carbocycles. The molecule has 86 valence electrons. The van der Waals surface area contributed by atoms with Gasteiger partial charge in [-0.3, -0.25) is 4.40 Å². The van der Waals surface area contributed by atoms with E-state index < -0.39 is 0 Å². The summed E-state index contributed by atoms with van der Waals surface area (Å²) in [5.41, 5.74) is 0.561. The predicted octanol–water partition coefficient (Wildman–Crippen LogP) is 2.37. The van der Waals surface area contributed by atoms with Crippen LogP contribution in [0.1, 0.15) is 4.88 Å². The third-order valence-corrected chi connectivity index (χ3v) is 4.38. The van der Waals surface area contributed by atoms with Crippen LogP contribution < -0.4 is 5.69 Å². The Kier molecular flexibility index (Phi) is 2.60. The van der Waals surface area contributed by atoms with E-state index in [1.165, 1.54) is 4.68 Å². The minimum Gasteiger partial charge on any atom is -0.250 e. The summed E-state index contributed by atoms with van der Waals surface area (Å²) in [7, 11) is 0. The molecule has 0 bridgehead atoms. The quantitative estimate of drug-likeness (QED) is 0.729. The highest BCUT2D eigenvalue weighted by atomic mass is 79.9. The van der Waals surface area contributed by atoms with Crippen molar-refractivity contribution in [3.05, 3.63) is 55.7 Å². The zero-order valence-corrected chi connectivity index (χ0v) is 11.1. The fourth-order valence-electron chi connectivity index (χ4n) is 1.65. The lowest BCUT2D eigenvalue weighted by molar-refractivity contribution is 0.664. The summed E-state index contributed by atoms with van der Waals surface area (Å²) in [4.78, 5) is 13.1. The maximum absolute atomic E-state index is 12.0. The first-order chi connectivity index (χ1) is 8.25. The molecule has 0 N–H and O–H groups in total. The molecule has 3 aromatic heterocycles. The first-order valence-electron chi connectivity index (χ1n) is 5.02. The average Bonchev–Trinajstić information content (AvgIpc) is 2.87. The lowest BCUT2D eigenvalue weighted by Gasteiger charge is -1.96. The summed E-state index contributed by atoms with van der Waals surface area (Å²) >= 11 is 5.06. The first-order valence-corrected chi connectivity index (χ1v) is 6.69. The highest BCUT2D eigenvalue weighted by Gasteiger charge is 2.08. The Morgan fingerprint density at radius 1 is 1.35 bits per heavy atom. The van der Waals surface area contributed by atoms with Gasteiger partial charge in [-0.25, -0.2) is 9.48 Å². The van der Waals surface area contributed by atoms with Gasteiger partial charge in [0.15, 0.2) is 5.65 Å². The molecule has 6 heteroatoms. The zero-order valence-electron chi connectivity index (χ0n) is 8.71. The molecule has 3 rings (SSSR count). The first kappa shape index (κ1) is 10.7. The van der Waals surface area contributed by atoms with Crippen molar-refractivity contribution in [2.75, 3.05) is 0 Å². The van der Waals surface area contributed by atoms with Gasteiger partial charge in [0.1, 0.15) is 0 Å². The SMILES string of the molecule is O=c1n(Cc2sccc2Br)nc2ccccn12. The van der Waals surface area contributed by atoms with E-state index in [1.807, 2.05) is 29.6 Å². The van der Waals surface area contributed by atoms with E-state index in [0.29, 0.717) is 12.2 Å². The fraction of sp³-hybridized carbons (Fsp3) is 0.0909. The monoisotopic (exact) mass is 309 g/mol. The fourth-order valence-corrected chi connectivity index (χ4v) is 3.10. The second-order valence-corrected chi connectivity index (χ2v) is 5.42. The minimum atomic E-state index is -0.110. The molecule has 0 aliphatic carbocycles. The van der Waals surface area contributed by atoms with E-state index in [1.54, 1.807) is 21.9 Å². The molecule has 17 heavy (non-hydrogen) atoms. The molecular weight excluding hydrogens is 302 g/mol. The van der Waals surface area contributed by atoms with Gasteiger partial charge < -0.3 is 0 Å². The minimum absolute atomic E-state index is 0.110. The number of hydrogen-bond acceptors (Lipinski definition) is 3. The zero-order chi connectivity index (χ0) is 11.8. The van der Waals surface area contributed by atoms with Crippen LogP contribution in [0.15, 0.2) is 45.1 Å². The van der Waals surface area contributed by atoms with Crippen molar-refractivity contribution in [2.24, 2.45) is 0 Å². The summed E-state index contributed by atoms with van der Waals surface area (Å²) in [5, 5.41) is 6.27. The second kappa shape index (κ2) is 4.12. The maximum atomic E-state index is 12.0. The lowest BCUT2D eigenvalue weighted by atomic mass is 10.5. The number of thiophene rings is 1. The Balaban J connectivity index is 2.10. The topological polar surface area (TPSA) is 39.3 Å². The van der Waals surface area contributed by atoms with Gasteiger partial charge in [0, 0.05) is 15.5 Å². The van der Waals surface area contributed by atoms with Crippen molar-refractivity contribution < 1.29 is 0 Å². The molecule has 0 unspecified atom stereocenters. The second-order valence-electron chi connectivity index (χ2n) is 3.56. The van der Waals surface area contributed by atoms with Gasteiger partial charge in [0.25, 0.3) is 0 Å². The van der Waals surface area contributed by atoms with E-state index in [0.717, 1.165) is 9.35 Å². The average molecular weight is 310 g/mol. The number of halogens is 1. The molecule has 3 heterocycles. The van der Waals surface area contributed by atoms with Crippen molar-refractivity contribution in [3.8, 4) is 0 Å². The van der Waals surface area contributed by atoms with Gasteiger partial charge in [-0.1, -0.05) is 6.07 Å². The van der Waals surface area contributed by atoms with Crippen molar-refractivity contribution in [1.82, 2.24) is 14.2 Å². The van der Waals surface area contributed by atoms with E-state index in [-0.39, 0.29) is 5.69 Å². The summed E-state index contributed by atoms with van der Waals surface area (Å²) in [6.07, 6.45) is 1.73. The molecule has 0 fully saturated rings. The summed E-state index contributed by atoms with van der Waals surface area (Å²) < 4.78 is 4.04. The molecule has 0 aromatic carbocycles. The van der Waals surface area contributed by atoms with Gasteiger partial charge in [0.05, 0.1) is 6.54 Å². The van der Waals surface area contributed by atoms with Crippen molar-refractivity contribution >= 4 is 32.9 Å². The van der Waals surface area contributed by atoms with Crippen LogP contribution in [0.5, 0.6) is 0 Å². The predicted molar refractivity (Wildman–Crippen MR) is 70.6 cm³/mol. The summed E-state index contributed by atoms with van der Waals surface area (Å²) in [6, 6.07) is 7.48. The third-order valence-electron chi connectivity index (χ3n) is 2.47. The van der Waals surface area contributed by atoms with Crippen molar-refractivity contribution in [1.29, 1.82) is 0 Å². The standard InChI is InChI=1S/C11H8BrN3OS/c12-8-4-6-17-9(8)7-15-11(16)14-5-2-1-3-10(14)13-15/h1-6H,7H2. The van der Waals surface area contributed by atoms with Gasteiger partial charge in [-0.2, -0.15) is 0 Å². The molecule has 0 amide bonds. The number of pyridine rings is 1. The van der Waals surface area contributed by atoms with Crippen molar-refractivity contribution in [2.45, 2.75) is 6.54 Å². The molecule has 4 nitrogen and oxygen atoms in total. The van der Waals surface area contributed by atoms with Crippen LogP contribution in [0.4, 0.5) is 0 Å². The largest absolute Gasteiger partial charge is 0.350 e. The number of hydrogen-bond donors (Lipinski definition) is 0. The van der Waals surface area contributed by atoms with Crippen LogP contribution in [0.3, 0.4) is 0 Å². The van der Waals surface area contributed by atoms with Crippen molar-refractivity contribution in [3.63, 3.8) is 0 Å².